The van der Waals surface area contributed by atoms with Crippen LogP contribution in [0.2, 0.25) is 0 Å². The normalized spacial score (nSPS) is 10.5. The SMILES string of the molecule is COc1ccc(Oc2ccc(N/C=C/C(=O)c3cccc(OC)c3)cc2)cc1. The molecular formula is C23H21NO4. The minimum atomic E-state index is -0.106. The summed E-state index contributed by atoms with van der Waals surface area (Å²) in [5, 5.41) is 3.08. The molecule has 3 rings (SSSR count). The summed E-state index contributed by atoms with van der Waals surface area (Å²) in [6.45, 7) is 0. The number of ether oxygens (including phenoxy) is 3. The monoisotopic (exact) mass is 375 g/mol. The standard InChI is InChI=1S/C23H21NO4/c1-26-19-10-12-21(13-11-19)28-20-8-6-18(7-9-20)24-15-14-23(25)17-4-3-5-22(16-17)27-2/h3-16,24H,1-2H3/b15-14+. The van der Waals surface area contributed by atoms with E-state index in [1.54, 1.807) is 44.7 Å². The van der Waals surface area contributed by atoms with Crippen LogP contribution in [0.5, 0.6) is 23.0 Å². The van der Waals surface area contributed by atoms with Crippen molar-refractivity contribution < 1.29 is 19.0 Å². The first-order valence-electron chi connectivity index (χ1n) is 8.71. The second kappa shape index (κ2) is 9.28. The predicted octanol–water partition coefficient (Wildman–Crippen LogP) is 5.30. The number of allylic oxidation sites excluding steroid dienone is 1. The maximum atomic E-state index is 12.2. The van der Waals surface area contributed by atoms with Crippen LogP contribution in [-0.4, -0.2) is 20.0 Å². The van der Waals surface area contributed by atoms with E-state index in [1.165, 1.54) is 6.08 Å². The highest BCUT2D eigenvalue weighted by molar-refractivity contribution is 6.04. The van der Waals surface area contributed by atoms with Gasteiger partial charge in [-0.1, -0.05) is 12.1 Å². The second-order valence-electron chi connectivity index (χ2n) is 5.88. The van der Waals surface area contributed by atoms with E-state index in [4.69, 9.17) is 14.2 Å². The molecule has 0 amide bonds. The summed E-state index contributed by atoms with van der Waals surface area (Å²) < 4.78 is 16.1. The van der Waals surface area contributed by atoms with Crippen molar-refractivity contribution in [2.75, 3.05) is 19.5 Å². The van der Waals surface area contributed by atoms with Crippen LogP contribution < -0.4 is 19.5 Å². The number of hydrogen-bond acceptors (Lipinski definition) is 5. The molecule has 0 aliphatic carbocycles. The molecule has 0 saturated carbocycles. The molecule has 28 heavy (non-hydrogen) atoms. The smallest absolute Gasteiger partial charge is 0.187 e. The van der Waals surface area contributed by atoms with Gasteiger partial charge in [0, 0.05) is 23.5 Å². The number of anilines is 1. The van der Waals surface area contributed by atoms with Gasteiger partial charge in [-0.15, -0.1) is 0 Å². The van der Waals surface area contributed by atoms with Crippen LogP contribution in [0, 0.1) is 0 Å². The zero-order valence-corrected chi connectivity index (χ0v) is 15.7. The number of hydrogen-bond donors (Lipinski definition) is 1. The van der Waals surface area contributed by atoms with Gasteiger partial charge in [0.05, 0.1) is 14.2 Å². The van der Waals surface area contributed by atoms with E-state index in [1.807, 2.05) is 48.5 Å². The van der Waals surface area contributed by atoms with Crippen molar-refractivity contribution in [3.8, 4) is 23.0 Å². The molecule has 0 saturated heterocycles. The Morgan fingerprint density at radius 2 is 1.39 bits per heavy atom. The molecule has 0 fully saturated rings. The number of rotatable bonds is 8. The fourth-order valence-electron chi connectivity index (χ4n) is 2.49. The zero-order valence-electron chi connectivity index (χ0n) is 15.7. The lowest BCUT2D eigenvalue weighted by Crippen LogP contribution is -1.97. The summed E-state index contributed by atoms with van der Waals surface area (Å²) in [7, 11) is 3.20. The van der Waals surface area contributed by atoms with Crippen molar-refractivity contribution in [3.63, 3.8) is 0 Å². The van der Waals surface area contributed by atoms with Crippen molar-refractivity contribution in [1.82, 2.24) is 0 Å². The van der Waals surface area contributed by atoms with Crippen molar-refractivity contribution in [2.45, 2.75) is 0 Å². The fourth-order valence-corrected chi connectivity index (χ4v) is 2.49. The number of nitrogens with one attached hydrogen (secondary N) is 1. The highest BCUT2D eigenvalue weighted by atomic mass is 16.5. The van der Waals surface area contributed by atoms with Crippen LogP contribution >= 0.6 is 0 Å². The summed E-state index contributed by atoms with van der Waals surface area (Å²) in [6.07, 6.45) is 3.09. The molecule has 0 aliphatic rings. The van der Waals surface area contributed by atoms with Crippen LogP contribution in [0.1, 0.15) is 10.4 Å². The molecule has 3 aromatic rings. The molecule has 0 bridgehead atoms. The van der Waals surface area contributed by atoms with Gasteiger partial charge in [-0.3, -0.25) is 4.79 Å². The molecule has 0 aliphatic heterocycles. The molecule has 0 heterocycles. The topological polar surface area (TPSA) is 56.8 Å². The van der Waals surface area contributed by atoms with E-state index in [2.05, 4.69) is 5.32 Å². The van der Waals surface area contributed by atoms with E-state index >= 15 is 0 Å². The first-order valence-corrected chi connectivity index (χ1v) is 8.71. The highest BCUT2D eigenvalue weighted by Crippen LogP contribution is 2.25. The van der Waals surface area contributed by atoms with Gasteiger partial charge < -0.3 is 19.5 Å². The van der Waals surface area contributed by atoms with Crippen LogP contribution in [0.4, 0.5) is 5.69 Å². The summed E-state index contributed by atoms with van der Waals surface area (Å²) in [4.78, 5) is 12.2. The van der Waals surface area contributed by atoms with Crippen LogP contribution in [0.15, 0.2) is 85.1 Å². The molecule has 5 nitrogen and oxygen atoms in total. The predicted molar refractivity (Wildman–Crippen MR) is 110 cm³/mol. The van der Waals surface area contributed by atoms with E-state index in [0.717, 1.165) is 17.2 Å². The number of benzene rings is 3. The molecule has 142 valence electrons. The van der Waals surface area contributed by atoms with Gasteiger partial charge in [0.2, 0.25) is 0 Å². The Morgan fingerprint density at radius 3 is 2.04 bits per heavy atom. The van der Waals surface area contributed by atoms with Gasteiger partial charge in [0.15, 0.2) is 5.78 Å². The van der Waals surface area contributed by atoms with Crippen molar-refractivity contribution in [2.24, 2.45) is 0 Å². The summed E-state index contributed by atoms with van der Waals surface area (Å²) in [5.41, 5.74) is 1.41. The molecule has 5 heteroatoms. The van der Waals surface area contributed by atoms with Gasteiger partial charge in [-0.25, -0.2) is 0 Å². The maximum Gasteiger partial charge on any atom is 0.187 e. The Labute approximate surface area is 164 Å². The number of carbonyl (C=O) groups is 1. The summed E-state index contributed by atoms with van der Waals surface area (Å²) >= 11 is 0. The first kappa shape index (κ1) is 19.0. The van der Waals surface area contributed by atoms with Crippen LogP contribution in [0.3, 0.4) is 0 Å². The summed E-state index contributed by atoms with van der Waals surface area (Å²) in [5.74, 6) is 2.77. The average molecular weight is 375 g/mol. The highest BCUT2D eigenvalue weighted by Gasteiger charge is 2.03. The minimum absolute atomic E-state index is 0.106. The fraction of sp³-hybridized carbons (Fsp3) is 0.0870. The largest absolute Gasteiger partial charge is 0.497 e. The van der Waals surface area contributed by atoms with Gasteiger partial charge in [-0.05, 0) is 60.7 Å². The molecule has 0 atom stereocenters. The van der Waals surface area contributed by atoms with Crippen molar-refractivity contribution >= 4 is 11.5 Å². The first-order chi connectivity index (χ1) is 13.7. The third kappa shape index (κ3) is 5.14. The van der Waals surface area contributed by atoms with Crippen molar-refractivity contribution in [1.29, 1.82) is 0 Å². The maximum absolute atomic E-state index is 12.2. The third-order valence-electron chi connectivity index (χ3n) is 3.99. The van der Waals surface area contributed by atoms with Gasteiger partial charge >= 0.3 is 0 Å². The Morgan fingerprint density at radius 1 is 0.786 bits per heavy atom. The molecule has 0 aromatic heterocycles. The lowest BCUT2D eigenvalue weighted by Gasteiger charge is -2.07. The Kier molecular flexibility index (Phi) is 6.31. The average Bonchev–Trinajstić information content (AvgIpc) is 2.75. The molecule has 0 unspecified atom stereocenters. The number of carbonyl (C=O) groups excluding carboxylic acids is 1. The van der Waals surface area contributed by atoms with Gasteiger partial charge in [0.25, 0.3) is 0 Å². The van der Waals surface area contributed by atoms with Crippen LogP contribution in [-0.2, 0) is 0 Å². The van der Waals surface area contributed by atoms with E-state index in [0.29, 0.717) is 17.1 Å². The number of methoxy groups -OCH3 is 2. The lowest BCUT2D eigenvalue weighted by atomic mass is 10.1. The number of ketones is 1. The Balaban J connectivity index is 1.56. The minimum Gasteiger partial charge on any atom is -0.497 e. The zero-order chi connectivity index (χ0) is 19.8. The second-order valence-corrected chi connectivity index (χ2v) is 5.88. The quantitative estimate of drug-likeness (QED) is 0.427. The van der Waals surface area contributed by atoms with E-state index < -0.39 is 0 Å². The molecule has 1 N–H and O–H groups in total. The Hall–Kier alpha value is -3.73. The lowest BCUT2D eigenvalue weighted by molar-refractivity contribution is 0.104. The molecule has 3 aromatic carbocycles. The Bertz CT molecular complexity index is 947. The molecule has 0 spiro atoms. The molecule has 0 radical (unpaired) electrons. The van der Waals surface area contributed by atoms with Gasteiger partial charge in [0.1, 0.15) is 23.0 Å². The van der Waals surface area contributed by atoms with E-state index in [-0.39, 0.29) is 5.78 Å². The van der Waals surface area contributed by atoms with E-state index in [9.17, 15) is 4.79 Å². The van der Waals surface area contributed by atoms with Crippen LogP contribution in [0.25, 0.3) is 0 Å². The molecular weight excluding hydrogens is 354 g/mol. The summed E-state index contributed by atoms with van der Waals surface area (Å²) in [6, 6.07) is 21.9. The van der Waals surface area contributed by atoms with Gasteiger partial charge in [-0.2, -0.15) is 0 Å². The third-order valence-corrected chi connectivity index (χ3v) is 3.99. The van der Waals surface area contributed by atoms with Crippen molar-refractivity contribution in [3.05, 3.63) is 90.6 Å².